The van der Waals surface area contributed by atoms with Crippen LogP contribution in [0.3, 0.4) is 0 Å². The minimum Gasteiger partial charge on any atom is -0.367 e. The van der Waals surface area contributed by atoms with E-state index in [1.165, 1.54) is 0 Å². The van der Waals surface area contributed by atoms with Crippen molar-refractivity contribution in [3.8, 4) is 6.07 Å². The lowest BCUT2D eigenvalue weighted by Gasteiger charge is -2.36. The van der Waals surface area contributed by atoms with E-state index in [4.69, 9.17) is 0 Å². The Morgan fingerprint density at radius 2 is 1.80 bits per heavy atom. The zero-order valence-electron chi connectivity index (χ0n) is 13.8. The second kappa shape index (κ2) is 6.33. The number of hydrogen-bond acceptors (Lipinski definition) is 3. The van der Waals surface area contributed by atoms with E-state index in [1.807, 2.05) is 59.6 Å². The third kappa shape index (κ3) is 2.72. The molecular weight excluding hydrogens is 312 g/mol. The molecule has 1 N–H and O–H groups in total. The zero-order chi connectivity index (χ0) is 17.2. The summed E-state index contributed by atoms with van der Waals surface area (Å²) in [5, 5.41) is 10.3. The summed E-state index contributed by atoms with van der Waals surface area (Å²) in [7, 11) is 0. The van der Waals surface area contributed by atoms with Gasteiger partial charge in [0.25, 0.3) is 5.91 Å². The molecule has 1 aliphatic heterocycles. The number of fused-ring (bicyclic) bond motifs is 1. The molecule has 1 fully saturated rings. The van der Waals surface area contributed by atoms with Crippen molar-refractivity contribution in [3.63, 3.8) is 0 Å². The zero-order valence-corrected chi connectivity index (χ0v) is 13.8. The van der Waals surface area contributed by atoms with E-state index in [9.17, 15) is 10.1 Å². The largest absolute Gasteiger partial charge is 0.367 e. The summed E-state index contributed by atoms with van der Waals surface area (Å²) in [5.74, 6) is 0.0567. The summed E-state index contributed by atoms with van der Waals surface area (Å²) in [4.78, 5) is 20.1. The predicted octanol–water partition coefficient (Wildman–Crippen LogP) is 3.00. The molecular formula is C20H18N4O. The van der Waals surface area contributed by atoms with Gasteiger partial charge in [0.1, 0.15) is 6.07 Å². The molecule has 1 saturated heterocycles. The van der Waals surface area contributed by atoms with Crippen molar-refractivity contribution in [2.45, 2.75) is 0 Å². The second-order valence-electron chi connectivity index (χ2n) is 6.16. The van der Waals surface area contributed by atoms with Crippen LogP contribution in [0.1, 0.15) is 15.9 Å². The number of hydrogen-bond donors (Lipinski definition) is 1. The van der Waals surface area contributed by atoms with Crippen molar-refractivity contribution in [1.29, 1.82) is 5.26 Å². The lowest BCUT2D eigenvalue weighted by Crippen LogP contribution is -2.49. The highest BCUT2D eigenvalue weighted by molar-refractivity contribution is 6.05. The molecule has 2 aromatic carbocycles. The topological polar surface area (TPSA) is 63.1 Å². The van der Waals surface area contributed by atoms with Gasteiger partial charge in [-0.05, 0) is 24.3 Å². The molecule has 124 valence electrons. The van der Waals surface area contributed by atoms with Crippen molar-refractivity contribution in [3.05, 3.63) is 65.9 Å². The molecule has 1 amide bonds. The number of piperazine rings is 1. The molecule has 0 atom stereocenters. The highest BCUT2D eigenvalue weighted by Crippen LogP contribution is 2.23. The van der Waals surface area contributed by atoms with Crippen LogP contribution in [0, 0.1) is 11.3 Å². The van der Waals surface area contributed by atoms with Crippen molar-refractivity contribution in [2.75, 3.05) is 31.1 Å². The minimum atomic E-state index is 0.0567. The quantitative estimate of drug-likeness (QED) is 0.785. The third-order valence-electron chi connectivity index (χ3n) is 4.75. The molecule has 0 spiro atoms. The minimum absolute atomic E-state index is 0.0567. The van der Waals surface area contributed by atoms with Crippen LogP contribution in [0.5, 0.6) is 0 Å². The monoisotopic (exact) mass is 330 g/mol. The van der Waals surface area contributed by atoms with Gasteiger partial charge in [-0.2, -0.15) is 5.26 Å². The van der Waals surface area contributed by atoms with Gasteiger partial charge in [0.15, 0.2) is 0 Å². The van der Waals surface area contributed by atoms with E-state index in [0.29, 0.717) is 24.2 Å². The normalized spacial score (nSPS) is 14.5. The number of nitrogens with one attached hydrogen (secondary N) is 1. The molecule has 4 rings (SSSR count). The molecule has 0 aliphatic carbocycles. The van der Waals surface area contributed by atoms with Crippen LogP contribution in [-0.2, 0) is 0 Å². The number of aromatic nitrogens is 1. The average molecular weight is 330 g/mol. The molecule has 25 heavy (non-hydrogen) atoms. The van der Waals surface area contributed by atoms with E-state index in [0.717, 1.165) is 29.7 Å². The van der Waals surface area contributed by atoms with Gasteiger partial charge in [-0.3, -0.25) is 4.79 Å². The summed E-state index contributed by atoms with van der Waals surface area (Å²) >= 11 is 0. The van der Waals surface area contributed by atoms with Crippen molar-refractivity contribution in [1.82, 2.24) is 9.88 Å². The fraction of sp³-hybridized carbons (Fsp3) is 0.200. The number of nitrogens with zero attached hydrogens (tertiary/aromatic N) is 3. The van der Waals surface area contributed by atoms with E-state index in [1.54, 1.807) is 0 Å². The molecule has 1 aliphatic rings. The molecule has 3 aromatic rings. The predicted molar refractivity (Wildman–Crippen MR) is 97.6 cm³/mol. The first kappa shape index (κ1) is 15.3. The van der Waals surface area contributed by atoms with E-state index < -0.39 is 0 Å². The number of carbonyl (C=O) groups excluding carboxylic acids is 1. The highest BCUT2D eigenvalue weighted by Gasteiger charge is 2.24. The summed E-state index contributed by atoms with van der Waals surface area (Å²) in [5.41, 5.74) is 3.24. The Morgan fingerprint density at radius 3 is 2.60 bits per heavy atom. The van der Waals surface area contributed by atoms with Crippen molar-refractivity contribution >= 4 is 22.5 Å². The van der Waals surface area contributed by atoms with Gasteiger partial charge >= 0.3 is 0 Å². The lowest BCUT2D eigenvalue weighted by molar-refractivity contribution is 0.0748. The molecule has 0 bridgehead atoms. The van der Waals surface area contributed by atoms with Gasteiger partial charge in [-0.15, -0.1) is 0 Å². The summed E-state index contributed by atoms with van der Waals surface area (Å²) in [6.07, 6.45) is 1.86. The number of rotatable bonds is 2. The number of benzene rings is 2. The van der Waals surface area contributed by atoms with Crippen LogP contribution in [0.25, 0.3) is 10.9 Å². The Hall–Kier alpha value is -3.26. The Bertz CT molecular complexity index is 961. The van der Waals surface area contributed by atoms with Gasteiger partial charge in [-0.1, -0.05) is 24.3 Å². The van der Waals surface area contributed by atoms with Gasteiger partial charge in [0, 0.05) is 37.8 Å². The highest BCUT2D eigenvalue weighted by atomic mass is 16.2. The Balaban J connectivity index is 1.51. The maximum atomic E-state index is 12.9. The number of amides is 1. The second-order valence-corrected chi connectivity index (χ2v) is 6.16. The van der Waals surface area contributed by atoms with Crippen LogP contribution in [0.4, 0.5) is 5.69 Å². The lowest BCUT2D eigenvalue weighted by atomic mass is 10.1. The fourth-order valence-electron chi connectivity index (χ4n) is 3.43. The van der Waals surface area contributed by atoms with Gasteiger partial charge in [0.05, 0.1) is 22.3 Å². The van der Waals surface area contributed by atoms with Gasteiger partial charge < -0.3 is 14.8 Å². The first-order valence-electron chi connectivity index (χ1n) is 8.37. The van der Waals surface area contributed by atoms with E-state index in [-0.39, 0.29) is 5.91 Å². The van der Waals surface area contributed by atoms with E-state index in [2.05, 4.69) is 16.0 Å². The number of carbonyl (C=O) groups is 1. The van der Waals surface area contributed by atoms with Gasteiger partial charge in [0.2, 0.25) is 0 Å². The molecule has 1 aromatic heterocycles. The van der Waals surface area contributed by atoms with Crippen LogP contribution in [-0.4, -0.2) is 42.0 Å². The first-order valence-corrected chi connectivity index (χ1v) is 8.37. The standard InChI is InChI=1S/C20H18N4O/c21-14-16-4-1-2-7-18(16)23-10-12-24(13-11-23)20(25)17-6-3-5-15-8-9-22-19(15)17/h1-9,22H,10-13H2. The molecule has 0 unspecified atom stereocenters. The summed E-state index contributed by atoms with van der Waals surface area (Å²) in [6.45, 7) is 2.75. The summed E-state index contributed by atoms with van der Waals surface area (Å²) in [6, 6.07) is 17.6. The molecule has 0 saturated carbocycles. The number of aromatic amines is 1. The van der Waals surface area contributed by atoms with Crippen molar-refractivity contribution in [2.24, 2.45) is 0 Å². The van der Waals surface area contributed by atoms with Crippen LogP contribution in [0.15, 0.2) is 54.7 Å². The molecule has 5 heteroatoms. The SMILES string of the molecule is N#Cc1ccccc1N1CCN(C(=O)c2cccc3cc[nH]c23)CC1. The van der Waals surface area contributed by atoms with Crippen molar-refractivity contribution < 1.29 is 4.79 Å². The third-order valence-corrected chi connectivity index (χ3v) is 4.75. The molecule has 0 radical (unpaired) electrons. The van der Waals surface area contributed by atoms with E-state index >= 15 is 0 Å². The maximum absolute atomic E-state index is 12.9. The molecule has 2 heterocycles. The number of H-pyrrole nitrogens is 1. The average Bonchev–Trinajstić information content (AvgIpc) is 3.16. The van der Waals surface area contributed by atoms with Crippen LogP contribution in [0.2, 0.25) is 0 Å². The summed E-state index contributed by atoms with van der Waals surface area (Å²) < 4.78 is 0. The number of nitriles is 1. The first-order chi connectivity index (χ1) is 12.3. The van der Waals surface area contributed by atoms with Crippen LogP contribution >= 0.6 is 0 Å². The smallest absolute Gasteiger partial charge is 0.256 e. The Kier molecular flexibility index (Phi) is 3.87. The Labute approximate surface area is 146 Å². The fourth-order valence-corrected chi connectivity index (χ4v) is 3.43. The number of para-hydroxylation sites is 2. The molecule has 5 nitrogen and oxygen atoms in total. The van der Waals surface area contributed by atoms with Gasteiger partial charge in [-0.25, -0.2) is 0 Å². The maximum Gasteiger partial charge on any atom is 0.256 e. The van der Waals surface area contributed by atoms with Crippen LogP contribution < -0.4 is 4.90 Å². The Morgan fingerprint density at radius 1 is 1.00 bits per heavy atom. The number of anilines is 1.